The maximum absolute atomic E-state index is 5.58. The smallest absolute Gasteiger partial charge is 1.00 e. The molecule has 0 bridgehead atoms. The number of rotatable bonds is 1. The zero-order valence-electron chi connectivity index (χ0n) is 30.9. The van der Waals surface area contributed by atoms with Gasteiger partial charge in [0.25, 0.3) is 0 Å². The van der Waals surface area contributed by atoms with E-state index in [2.05, 4.69) is 178 Å². The van der Waals surface area contributed by atoms with Crippen LogP contribution in [0.25, 0.3) is 65.4 Å². The molecule has 0 aliphatic carbocycles. The largest absolute Gasteiger partial charge is 2.00 e. The van der Waals surface area contributed by atoms with Crippen LogP contribution < -0.4 is 22.4 Å². The summed E-state index contributed by atoms with van der Waals surface area (Å²) in [6.07, 6.45) is 0. The summed E-state index contributed by atoms with van der Waals surface area (Å²) in [5.74, 6) is 0. The summed E-state index contributed by atoms with van der Waals surface area (Å²) in [7, 11) is 6.11. The van der Waals surface area contributed by atoms with Gasteiger partial charge in [0, 0.05) is 74.7 Å². The Morgan fingerprint density at radius 2 is 0.980 bits per heavy atom. The first-order valence-corrected chi connectivity index (χ1v) is 16.9. The minimum atomic E-state index is -0.205. The first-order chi connectivity index (χ1) is 23.5. The molecule has 248 valence electrons. The van der Waals surface area contributed by atoms with Gasteiger partial charge in [-0.3, -0.25) is 0 Å². The molecule has 1 fully saturated rings. The number of halogens is 2. The maximum Gasteiger partial charge on any atom is 2.00 e. The molecular formula is C41H36BBr2Mg2N3O2. The van der Waals surface area contributed by atoms with Crippen LogP contribution in [0.15, 0.2) is 132 Å². The summed E-state index contributed by atoms with van der Waals surface area (Å²) in [5.41, 5.74) is 8.70. The van der Waals surface area contributed by atoms with Gasteiger partial charge in [0.15, 0.2) is 0 Å². The minimum absolute atomic E-state index is 0. The van der Waals surface area contributed by atoms with Crippen LogP contribution in [0.5, 0.6) is 0 Å². The number of fused-ring (bicyclic) bond motifs is 9. The standard InChI is InChI=1S/C15H14BNO2.C13H10BrN.C13H10N.BrH.2Mg.2H/c1-17-14-5-3-2-4-12(14)13-10-11(6-7-15(13)17)16-18-8-9-19-16;1-15-12-5-3-2-4-10(12)11-8-9(14)6-7-13(11)15;1-14-12-8-4-2-6-10(12)11-7-3-5-9-13(11)14;;;;;/h2-7,10H,8-9H2,1H3;2-8H,1H3;2,4-9H,1H3;1H;;;;/q;;-1;;2*+2;2*-1/p-1. The third-order valence-electron chi connectivity index (χ3n) is 9.47. The summed E-state index contributed by atoms with van der Waals surface area (Å²) in [5, 5.41) is 7.75. The van der Waals surface area contributed by atoms with Crippen molar-refractivity contribution in [3.8, 4) is 0 Å². The fraction of sp³-hybridized carbons (Fsp3) is 0.122. The quantitative estimate of drug-likeness (QED) is 0.156. The Balaban J connectivity index is 0.000000207. The van der Waals surface area contributed by atoms with E-state index in [9.17, 15) is 0 Å². The van der Waals surface area contributed by atoms with Gasteiger partial charge in [0.1, 0.15) is 0 Å². The van der Waals surface area contributed by atoms with Crippen LogP contribution in [0.3, 0.4) is 0 Å². The summed E-state index contributed by atoms with van der Waals surface area (Å²) < 4.78 is 19.0. The van der Waals surface area contributed by atoms with Crippen molar-refractivity contribution < 1.29 is 29.1 Å². The zero-order valence-corrected chi connectivity index (χ0v) is 34.9. The third-order valence-corrected chi connectivity index (χ3v) is 9.96. The molecule has 3 aromatic heterocycles. The maximum atomic E-state index is 5.58. The average Bonchev–Trinajstić information content (AvgIpc) is 3.91. The number of aromatic nitrogens is 3. The van der Waals surface area contributed by atoms with Gasteiger partial charge in [-0.15, -0.1) is 11.5 Å². The topological polar surface area (TPSA) is 33.2 Å². The van der Waals surface area contributed by atoms with E-state index in [0.717, 1.165) is 9.94 Å². The van der Waals surface area contributed by atoms with Crippen molar-refractivity contribution in [2.75, 3.05) is 13.2 Å². The molecule has 10 heteroatoms. The predicted molar refractivity (Wildman–Crippen MR) is 219 cm³/mol. The fourth-order valence-corrected chi connectivity index (χ4v) is 7.44. The van der Waals surface area contributed by atoms with Crippen LogP contribution in [0, 0.1) is 6.07 Å². The van der Waals surface area contributed by atoms with Crippen LogP contribution in [-0.2, 0) is 30.5 Å². The molecule has 0 amide bonds. The van der Waals surface area contributed by atoms with Gasteiger partial charge in [0.05, 0.1) is 13.2 Å². The molecule has 9 aromatic rings. The van der Waals surface area contributed by atoms with Crippen molar-refractivity contribution in [2.45, 2.75) is 0 Å². The summed E-state index contributed by atoms with van der Waals surface area (Å²) in [6.45, 7) is 1.36. The van der Waals surface area contributed by atoms with Crippen LogP contribution in [0.4, 0.5) is 0 Å². The Hall–Kier alpha value is -2.80. The molecule has 0 saturated carbocycles. The van der Waals surface area contributed by atoms with E-state index < -0.39 is 0 Å². The molecule has 10 rings (SSSR count). The number of hydrogen-bond donors (Lipinski definition) is 0. The molecule has 0 radical (unpaired) electrons. The molecule has 0 N–H and O–H groups in total. The summed E-state index contributed by atoms with van der Waals surface area (Å²) in [6, 6.07) is 47.5. The Labute approximate surface area is 352 Å². The number of benzene rings is 6. The van der Waals surface area contributed by atoms with Crippen molar-refractivity contribution >= 4 is 140 Å². The van der Waals surface area contributed by atoms with E-state index >= 15 is 0 Å². The van der Waals surface area contributed by atoms with Gasteiger partial charge >= 0.3 is 53.2 Å². The van der Waals surface area contributed by atoms with Gasteiger partial charge in [0.2, 0.25) is 0 Å². The molecule has 0 spiro atoms. The van der Waals surface area contributed by atoms with Crippen molar-refractivity contribution in [3.05, 3.63) is 138 Å². The Kier molecular flexibility index (Phi) is 13.1. The average molecular weight is 822 g/mol. The molecule has 1 aliphatic rings. The summed E-state index contributed by atoms with van der Waals surface area (Å²) >= 11 is 3.52. The molecule has 1 aliphatic heterocycles. The number of nitrogens with zero attached hydrogens (tertiary/aromatic N) is 3. The number of para-hydroxylation sites is 3. The predicted octanol–water partition coefficient (Wildman–Crippen LogP) is 5.77. The minimum Gasteiger partial charge on any atom is -1.00 e. The van der Waals surface area contributed by atoms with Gasteiger partial charge in [-0.2, -0.15) is 18.2 Å². The summed E-state index contributed by atoms with van der Waals surface area (Å²) in [4.78, 5) is 0. The van der Waals surface area contributed by atoms with Crippen molar-refractivity contribution in [3.63, 3.8) is 0 Å². The van der Waals surface area contributed by atoms with E-state index in [4.69, 9.17) is 9.31 Å². The molecule has 6 aromatic carbocycles. The SMILES string of the molecule is Cn1c2cc[c-]cc2c2ccccc21.Cn1c2ccccc2c2cc(B3OCCO3)ccc21.Cn1c2ccccc2c2cc(Br)ccc21.[Br-].[H-].[H-].[Mg+2].[Mg+2]. The van der Waals surface area contributed by atoms with E-state index in [1.54, 1.807) is 0 Å². The Morgan fingerprint density at radius 1 is 0.549 bits per heavy atom. The van der Waals surface area contributed by atoms with Gasteiger partial charge < -0.3 is 42.8 Å². The zero-order chi connectivity index (χ0) is 32.8. The second-order valence-electron chi connectivity index (χ2n) is 12.2. The van der Waals surface area contributed by atoms with Crippen LogP contribution in [-0.4, -0.2) is 80.1 Å². The third kappa shape index (κ3) is 7.39. The van der Waals surface area contributed by atoms with Crippen LogP contribution in [0.2, 0.25) is 0 Å². The molecule has 0 unspecified atom stereocenters. The fourth-order valence-electron chi connectivity index (χ4n) is 7.08. The van der Waals surface area contributed by atoms with Crippen LogP contribution in [0.1, 0.15) is 2.85 Å². The van der Waals surface area contributed by atoms with E-state index in [0.29, 0.717) is 13.2 Å². The first kappa shape index (κ1) is 39.4. The monoisotopic (exact) mass is 819 g/mol. The molecular weight excluding hydrogens is 786 g/mol. The number of aryl methyl sites for hydroxylation is 3. The van der Waals surface area contributed by atoms with E-state index in [1.165, 1.54) is 65.4 Å². The second kappa shape index (κ2) is 16.9. The van der Waals surface area contributed by atoms with Gasteiger partial charge in [-0.25, -0.2) is 0 Å². The molecule has 5 nitrogen and oxygen atoms in total. The van der Waals surface area contributed by atoms with E-state index in [-0.39, 0.29) is 73.1 Å². The number of hydrogen-bond acceptors (Lipinski definition) is 2. The van der Waals surface area contributed by atoms with Crippen molar-refractivity contribution in [1.82, 2.24) is 13.7 Å². The normalized spacial score (nSPS) is 12.3. The molecule has 4 heterocycles. The molecule has 51 heavy (non-hydrogen) atoms. The van der Waals surface area contributed by atoms with Gasteiger partial charge in [-0.05, 0) is 53.3 Å². The molecule has 1 saturated heterocycles. The molecule has 0 atom stereocenters. The van der Waals surface area contributed by atoms with Crippen molar-refractivity contribution in [1.29, 1.82) is 0 Å². The second-order valence-corrected chi connectivity index (χ2v) is 13.1. The Bertz CT molecular complexity index is 2570. The Morgan fingerprint density at radius 3 is 1.53 bits per heavy atom. The van der Waals surface area contributed by atoms with E-state index in [1.807, 2.05) is 6.07 Å². The first-order valence-electron chi connectivity index (χ1n) is 16.2. The van der Waals surface area contributed by atoms with Crippen molar-refractivity contribution in [2.24, 2.45) is 21.1 Å². The van der Waals surface area contributed by atoms with Crippen LogP contribution >= 0.6 is 15.9 Å². The van der Waals surface area contributed by atoms with Gasteiger partial charge in [-0.1, -0.05) is 88.2 Å².